The third-order valence-electron chi connectivity index (χ3n) is 5.25. The van der Waals surface area contributed by atoms with Gasteiger partial charge in [0.05, 0.1) is 16.5 Å². The van der Waals surface area contributed by atoms with Gasteiger partial charge in [-0.3, -0.25) is 0 Å². The molecule has 1 unspecified atom stereocenters. The van der Waals surface area contributed by atoms with E-state index in [9.17, 15) is 18.3 Å². The van der Waals surface area contributed by atoms with Crippen molar-refractivity contribution in [3.63, 3.8) is 0 Å². The smallest absolute Gasteiger partial charge is 0.336 e. The lowest BCUT2D eigenvalue weighted by Crippen LogP contribution is -2.35. The van der Waals surface area contributed by atoms with Gasteiger partial charge in [0, 0.05) is 23.3 Å². The molecule has 0 bridgehead atoms. The van der Waals surface area contributed by atoms with Gasteiger partial charge in [-0.05, 0) is 48.7 Å². The van der Waals surface area contributed by atoms with E-state index in [0.717, 1.165) is 0 Å². The van der Waals surface area contributed by atoms with Crippen LogP contribution in [0, 0.1) is 6.92 Å². The van der Waals surface area contributed by atoms with Crippen LogP contribution >= 0.6 is 23.2 Å². The van der Waals surface area contributed by atoms with E-state index >= 15 is 0 Å². The van der Waals surface area contributed by atoms with Crippen LogP contribution in [0.5, 0.6) is 0 Å². The third-order valence-corrected chi connectivity index (χ3v) is 7.65. The molecule has 0 saturated carbocycles. The molecular formula is C23H22Cl2N2O4S. The molecule has 1 heterocycles. The van der Waals surface area contributed by atoms with Crippen LogP contribution in [0.4, 0.5) is 0 Å². The Kier molecular flexibility index (Phi) is 7.56. The summed E-state index contributed by atoms with van der Waals surface area (Å²) in [6.45, 7) is 3.44. The fraction of sp³-hybridized carbons (Fsp3) is 0.217. The Balaban J connectivity index is 2.22. The number of halogens is 2. The number of carboxylic acids is 1. The summed E-state index contributed by atoms with van der Waals surface area (Å²) in [5, 5.41) is 10.2. The molecule has 1 N–H and O–H groups in total. The van der Waals surface area contributed by atoms with E-state index in [-0.39, 0.29) is 27.2 Å². The average molecular weight is 493 g/mol. The first kappa shape index (κ1) is 24.2. The van der Waals surface area contributed by atoms with Crippen LogP contribution in [0.3, 0.4) is 0 Å². The average Bonchev–Trinajstić information content (AvgIpc) is 2.76. The second-order valence-corrected chi connectivity index (χ2v) is 9.91. The van der Waals surface area contributed by atoms with Crippen LogP contribution < -0.4 is 0 Å². The highest BCUT2D eigenvalue weighted by Crippen LogP contribution is 2.36. The van der Waals surface area contributed by atoms with Crippen LogP contribution in [0.1, 0.15) is 46.4 Å². The van der Waals surface area contributed by atoms with E-state index in [0.29, 0.717) is 23.1 Å². The molecular weight excluding hydrogens is 471 g/mol. The zero-order valence-corrected chi connectivity index (χ0v) is 19.8. The van der Waals surface area contributed by atoms with Crippen LogP contribution in [-0.4, -0.2) is 28.8 Å². The minimum absolute atomic E-state index is 0.0495. The summed E-state index contributed by atoms with van der Waals surface area (Å²) in [6.07, 6.45) is 1.84. The molecule has 3 rings (SSSR count). The SMILES string of the molecule is CCC(c1cnc(Cl)cc1Cl)N(Cc1c(C)cccc1C(=O)O)S(=O)(=O)c1ccccc1. The first-order valence-corrected chi connectivity index (χ1v) is 12.1. The molecule has 1 aromatic heterocycles. The lowest BCUT2D eigenvalue weighted by molar-refractivity contribution is 0.0694. The van der Waals surface area contributed by atoms with Crippen molar-refractivity contribution in [2.75, 3.05) is 0 Å². The molecule has 1 atom stereocenters. The monoisotopic (exact) mass is 492 g/mol. The van der Waals surface area contributed by atoms with Gasteiger partial charge < -0.3 is 5.11 Å². The summed E-state index contributed by atoms with van der Waals surface area (Å²) < 4.78 is 28.8. The minimum atomic E-state index is -4.02. The summed E-state index contributed by atoms with van der Waals surface area (Å²) in [5.74, 6) is -1.13. The van der Waals surface area contributed by atoms with Crippen molar-refractivity contribution in [1.29, 1.82) is 0 Å². The lowest BCUT2D eigenvalue weighted by Gasteiger charge is -2.32. The molecule has 32 heavy (non-hydrogen) atoms. The molecule has 168 valence electrons. The first-order chi connectivity index (χ1) is 15.2. The highest BCUT2D eigenvalue weighted by atomic mass is 35.5. The van der Waals surface area contributed by atoms with Gasteiger partial charge in [0.15, 0.2) is 0 Å². The number of aryl methyl sites for hydroxylation is 1. The van der Waals surface area contributed by atoms with Gasteiger partial charge in [-0.25, -0.2) is 18.2 Å². The van der Waals surface area contributed by atoms with Gasteiger partial charge in [0.1, 0.15) is 5.15 Å². The van der Waals surface area contributed by atoms with Crippen LogP contribution in [0.25, 0.3) is 0 Å². The fourth-order valence-corrected chi connectivity index (χ4v) is 5.76. The molecule has 0 amide bonds. The molecule has 0 radical (unpaired) electrons. The Morgan fingerprint density at radius 2 is 1.81 bits per heavy atom. The molecule has 6 nitrogen and oxygen atoms in total. The van der Waals surface area contributed by atoms with Gasteiger partial charge in [0.2, 0.25) is 10.0 Å². The van der Waals surface area contributed by atoms with E-state index < -0.39 is 22.0 Å². The predicted molar refractivity (Wildman–Crippen MR) is 125 cm³/mol. The van der Waals surface area contributed by atoms with Gasteiger partial charge in [-0.1, -0.05) is 60.5 Å². The molecule has 0 aliphatic heterocycles. The number of carboxylic acid groups (broad SMARTS) is 1. The number of benzene rings is 2. The Morgan fingerprint density at radius 1 is 1.12 bits per heavy atom. The summed E-state index contributed by atoms with van der Waals surface area (Å²) in [7, 11) is -4.02. The highest BCUT2D eigenvalue weighted by Gasteiger charge is 2.34. The molecule has 0 fully saturated rings. The normalized spacial score (nSPS) is 12.7. The number of hydrogen-bond acceptors (Lipinski definition) is 4. The number of sulfonamides is 1. The van der Waals surface area contributed by atoms with Crippen molar-refractivity contribution in [2.45, 2.75) is 37.8 Å². The molecule has 9 heteroatoms. The second-order valence-electron chi connectivity index (χ2n) is 7.22. The standard InChI is InChI=1S/C23H22Cl2N2O4S/c1-3-21(18-13-26-22(25)12-20(18)24)27(32(30,31)16-9-5-4-6-10-16)14-19-15(2)8-7-11-17(19)23(28)29/h4-13,21H,3,14H2,1-2H3,(H,28,29). The number of hydrogen-bond donors (Lipinski definition) is 1. The molecule has 0 aliphatic carbocycles. The van der Waals surface area contributed by atoms with E-state index in [1.807, 2.05) is 6.92 Å². The fourth-order valence-electron chi connectivity index (χ4n) is 3.60. The van der Waals surface area contributed by atoms with Crippen LogP contribution in [0.2, 0.25) is 10.2 Å². The molecule has 0 spiro atoms. The lowest BCUT2D eigenvalue weighted by atomic mass is 10.0. The maximum absolute atomic E-state index is 13.8. The van der Waals surface area contributed by atoms with Crippen molar-refractivity contribution in [1.82, 2.24) is 9.29 Å². The Bertz CT molecular complexity index is 1230. The van der Waals surface area contributed by atoms with Crippen molar-refractivity contribution in [3.8, 4) is 0 Å². The number of nitrogens with zero attached hydrogens (tertiary/aromatic N) is 2. The van der Waals surface area contributed by atoms with Gasteiger partial charge in [0.25, 0.3) is 0 Å². The maximum Gasteiger partial charge on any atom is 0.336 e. The Hall–Kier alpha value is -2.45. The third kappa shape index (κ3) is 4.96. The second kappa shape index (κ2) is 10.0. The van der Waals surface area contributed by atoms with Crippen LogP contribution in [-0.2, 0) is 16.6 Å². The number of aromatic carboxylic acids is 1. The molecule has 3 aromatic rings. The number of aromatic nitrogens is 1. The van der Waals surface area contributed by atoms with Gasteiger partial charge in [-0.15, -0.1) is 0 Å². The molecule has 0 aliphatic rings. The van der Waals surface area contributed by atoms with Crippen molar-refractivity contribution >= 4 is 39.2 Å². The van der Waals surface area contributed by atoms with Crippen molar-refractivity contribution in [3.05, 3.63) is 93.2 Å². The quantitative estimate of drug-likeness (QED) is 0.405. The van der Waals surface area contributed by atoms with E-state index in [2.05, 4.69) is 4.98 Å². The Morgan fingerprint density at radius 3 is 2.41 bits per heavy atom. The Labute approximate surface area is 197 Å². The zero-order valence-electron chi connectivity index (χ0n) is 17.5. The predicted octanol–water partition coefficient (Wildman–Crippen LogP) is 5.74. The topological polar surface area (TPSA) is 87.6 Å². The van der Waals surface area contributed by atoms with Gasteiger partial charge >= 0.3 is 5.97 Å². The highest BCUT2D eigenvalue weighted by molar-refractivity contribution is 7.89. The largest absolute Gasteiger partial charge is 0.478 e. The van der Waals surface area contributed by atoms with Crippen molar-refractivity contribution in [2.24, 2.45) is 0 Å². The molecule has 0 saturated heterocycles. The summed E-state index contributed by atoms with van der Waals surface area (Å²) >= 11 is 12.4. The zero-order chi connectivity index (χ0) is 23.5. The minimum Gasteiger partial charge on any atom is -0.478 e. The number of pyridine rings is 1. The first-order valence-electron chi connectivity index (χ1n) is 9.86. The van der Waals surface area contributed by atoms with Crippen LogP contribution in [0.15, 0.2) is 65.7 Å². The summed E-state index contributed by atoms with van der Waals surface area (Å²) in [4.78, 5) is 16.0. The van der Waals surface area contributed by atoms with Crippen molar-refractivity contribution < 1.29 is 18.3 Å². The van der Waals surface area contributed by atoms with E-state index in [4.69, 9.17) is 23.2 Å². The maximum atomic E-state index is 13.8. The number of carbonyl (C=O) groups is 1. The summed E-state index contributed by atoms with van der Waals surface area (Å²) in [6, 6.07) is 13.6. The van der Waals surface area contributed by atoms with E-state index in [1.165, 1.54) is 34.8 Å². The van der Waals surface area contributed by atoms with Gasteiger partial charge in [-0.2, -0.15) is 4.31 Å². The molecule has 2 aromatic carbocycles. The summed E-state index contributed by atoms with van der Waals surface area (Å²) in [5.41, 5.74) is 1.63. The van der Waals surface area contributed by atoms with E-state index in [1.54, 1.807) is 37.3 Å². The number of rotatable bonds is 8.